The Morgan fingerprint density at radius 2 is 2.17 bits per heavy atom. The number of nitrogens with zero attached hydrogens (tertiary/aromatic N) is 2. The van der Waals surface area contributed by atoms with Gasteiger partial charge in [0, 0.05) is 18.5 Å². The number of aromatic nitrogens is 1. The molecule has 0 bridgehead atoms. The molecule has 1 aromatic rings. The number of esters is 1. The fourth-order valence-electron chi connectivity index (χ4n) is 1.22. The van der Waals surface area contributed by atoms with E-state index in [-0.39, 0.29) is 25.0 Å². The minimum Gasteiger partial charge on any atom is -0.455 e. The Morgan fingerprint density at radius 1 is 1.50 bits per heavy atom. The summed E-state index contributed by atoms with van der Waals surface area (Å²) in [7, 11) is 1.69. The van der Waals surface area contributed by atoms with Gasteiger partial charge in [-0.25, -0.2) is 4.98 Å². The van der Waals surface area contributed by atoms with Gasteiger partial charge in [-0.05, 0) is 20.8 Å². The van der Waals surface area contributed by atoms with Gasteiger partial charge in [0.1, 0.15) is 0 Å². The van der Waals surface area contributed by atoms with E-state index in [1.54, 1.807) is 11.9 Å². The number of ether oxygens (including phenoxy) is 1. The van der Waals surface area contributed by atoms with Crippen LogP contribution < -0.4 is 0 Å². The molecule has 0 aliphatic carbocycles. The second-order valence-electron chi connectivity index (χ2n) is 4.29. The first-order chi connectivity index (χ1) is 8.40. The molecule has 0 radical (unpaired) electrons. The largest absolute Gasteiger partial charge is 0.455 e. The van der Waals surface area contributed by atoms with Crippen LogP contribution >= 0.6 is 11.3 Å². The van der Waals surface area contributed by atoms with Gasteiger partial charge in [0.05, 0.1) is 17.1 Å². The quantitative estimate of drug-likeness (QED) is 0.759. The molecule has 0 saturated carbocycles. The average molecular weight is 270 g/mol. The summed E-state index contributed by atoms with van der Waals surface area (Å²) in [5, 5.41) is 2.73. The highest BCUT2D eigenvalue weighted by molar-refractivity contribution is 7.09. The SMILES string of the molecule is Cc1nc(CC(=O)OCC(=O)N(C)C(C)C)cs1. The Morgan fingerprint density at radius 3 is 2.67 bits per heavy atom. The van der Waals surface area contributed by atoms with Crippen molar-refractivity contribution in [2.45, 2.75) is 33.2 Å². The fraction of sp³-hybridized carbons (Fsp3) is 0.583. The standard InChI is InChI=1S/C12H18N2O3S/c1-8(2)14(4)11(15)6-17-12(16)5-10-7-18-9(3)13-10/h7-8H,5-6H2,1-4H3. The third kappa shape index (κ3) is 4.44. The third-order valence-electron chi connectivity index (χ3n) is 2.52. The molecular weight excluding hydrogens is 252 g/mol. The van der Waals surface area contributed by atoms with Crippen LogP contribution in [0.5, 0.6) is 0 Å². The van der Waals surface area contributed by atoms with Gasteiger partial charge in [-0.3, -0.25) is 9.59 Å². The fourth-order valence-corrected chi connectivity index (χ4v) is 1.83. The number of hydrogen-bond donors (Lipinski definition) is 0. The van der Waals surface area contributed by atoms with Gasteiger partial charge >= 0.3 is 5.97 Å². The van der Waals surface area contributed by atoms with Crippen LogP contribution in [0.3, 0.4) is 0 Å². The van der Waals surface area contributed by atoms with Crippen LogP contribution in [0.25, 0.3) is 0 Å². The van der Waals surface area contributed by atoms with Crippen molar-refractivity contribution in [1.29, 1.82) is 0 Å². The van der Waals surface area contributed by atoms with Crippen molar-refractivity contribution >= 4 is 23.2 Å². The maximum Gasteiger partial charge on any atom is 0.312 e. The predicted molar refractivity (Wildman–Crippen MR) is 69.4 cm³/mol. The van der Waals surface area contributed by atoms with E-state index in [4.69, 9.17) is 4.74 Å². The lowest BCUT2D eigenvalue weighted by atomic mass is 10.3. The average Bonchev–Trinajstić information content (AvgIpc) is 2.70. The smallest absolute Gasteiger partial charge is 0.312 e. The van der Waals surface area contributed by atoms with Gasteiger partial charge in [0.25, 0.3) is 5.91 Å². The summed E-state index contributed by atoms with van der Waals surface area (Å²) in [6, 6.07) is 0.0948. The van der Waals surface area contributed by atoms with Crippen molar-refractivity contribution in [3.8, 4) is 0 Å². The highest BCUT2D eigenvalue weighted by atomic mass is 32.1. The summed E-state index contributed by atoms with van der Waals surface area (Å²) < 4.78 is 4.92. The number of carbonyl (C=O) groups is 2. The minimum atomic E-state index is -0.425. The molecule has 1 heterocycles. The zero-order valence-electron chi connectivity index (χ0n) is 11.1. The van der Waals surface area contributed by atoms with E-state index in [2.05, 4.69) is 4.98 Å². The number of carbonyl (C=O) groups excluding carboxylic acids is 2. The molecule has 0 aromatic carbocycles. The summed E-state index contributed by atoms with van der Waals surface area (Å²) >= 11 is 1.49. The lowest BCUT2D eigenvalue weighted by molar-refractivity contribution is -0.151. The van der Waals surface area contributed by atoms with E-state index in [0.29, 0.717) is 5.69 Å². The highest BCUT2D eigenvalue weighted by Gasteiger charge is 2.15. The lowest BCUT2D eigenvalue weighted by Crippen LogP contribution is -2.36. The Hall–Kier alpha value is -1.43. The molecule has 0 unspecified atom stereocenters. The number of aryl methyl sites for hydroxylation is 1. The van der Waals surface area contributed by atoms with E-state index in [1.807, 2.05) is 26.2 Å². The van der Waals surface area contributed by atoms with Crippen LogP contribution in [-0.2, 0) is 20.7 Å². The summed E-state index contributed by atoms with van der Waals surface area (Å²) in [4.78, 5) is 28.8. The molecule has 1 rings (SSSR count). The van der Waals surface area contributed by atoms with Crippen molar-refractivity contribution in [1.82, 2.24) is 9.88 Å². The van der Waals surface area contributed by atoms with E-state index in [9.17, 15) is 9.59 Å². The number of amides is 1. The van der Waals surface area contributed by atoms with E-state index in [0.717, 1.165) is 5.01 Å². The molecule has 0 saturated heterocycles. The second-order valence-corrected chi connectivity index (χ2v) is 5.36. The van der Waals surface area contributed by atoms with E-state index in [1.165, 1.54) is 11.3 Å². The van der Waals surface area contributed by atoms with Gasteiger partial charge in [0.2, 0.25) is 0 Å². The molecule has 1 amide bonds. The first-order valence-corrected chi connectivity index (χ1v) is 6.60. The summed E-state index contributed by atoms with van der Waals surface area (Å²) in [6.45, 7) is 5.47. The Bertz CT molecular complexity index is 429. The van der Waals surface area contributed by atoms with Gasteiger partial charge in [-0.1, -0.05) is 0 Å². The maximum atomic E-state index is 11.6. The van der Waals surface area contributed by atoms with Crippen molar-refractivity contribution in [3.05, 3.63) is 16.1 Å². The van der Waals surface area contributed by atoms with Crippen LogP contribution in [0.1, 0.15) is 24.5 Å². The molecule has 6 heteroatoms. The first kappa shape index (κ1) is 14.6. The molecule has 0 atom stereocenters. The summed E-state index contributed by atoms with van der Waals surface area (Å²) in [5.41, 5.74) is 0.687. The van der Waals surface area contributed by atoms with Crippen LogP contribution in [-0.4, -0.2) is 41.5 Å². The predicted octanol–water partition coefficient (Wildman–Crippen LogP) is 1.40. The molecule has 100 valence electrons. The third-order valence-corrected chi connectivity index (χ3v) is 3.34. The summed E-state index contributed by atoms with van der Waals surface area (Å²) in [6.07, 6.45) is 0.114. The highest BCUT2D eigenvalue weighted by Crippen LogP contribution is 2.08. The van der Waals surface area contributed by atoms with Crippen molar-refractivity contribution < 1.29 is 14.3 Å². The Balaban J connectivity index is 2.35. The number of rotatable bonds is 5. The molecular formula is C12H18N2O3S. The molecule has 0 fully saturated rings. The van der Waals surface area contributed by atoms with Crippen LogP contribution in [0.2, 0.25) is 0 Å². The van der Waals surface area contributed by atoms with Crippen molar-refractivity contribution in [3.63, 3.8) is 0 Å². The molecule has 0 aliphatic heterocycles. The van der Waals surface area contributed by atoms with E-state index >= 15 is 0 Å². The van der Waals surface area contributed by atoms with Gasteiger partial charge in [0.15, 0.2) is 6.61 Å². The topological polar surface area (TPSA) is 59.5 Å². The number of thiazole rings is 1. The zero-order chi connectivity index (χ0) is 13.7. The molecule has 18 heavy (non-hydrogen) atoms. The Kier molecular flexibility index (Phi) is 5.27. The van der Waals surface area contributed by atoms with Crippen molar-refractivity contribution in [2.75, 3.05) is 13.7 Å². The van der Waals surface area contributed by atoms with Crippen LogP contribution in [0, 0.1) is 6.92 Å². The second kappa shape index (κ2) is 6.49. The normalized spacial score (nSPS) is 10.5. The Labute approximate surface area is 111 Å². The van der Waals surface area contributed by atoms with Crippen LogP contribution in [0.4, 0.5) is 0 Å². The lowest BCUT2D eigenvalue weighted by Gasteiger charge is -2.20. The first-order valence-electron chi connectivity index (χ1n) is 5.72. The monoisotopic (exact) mass is 270 g/mol. The van der Waals surface area contributed by atoms with Gasteiger partial charge in [-0.2, -0.15) is 0 Å². The van der Waals surface area contributed by atoms with Gasteiger partial charge in [-0.15, -0.1) is 11.3 Å². The molecule has 1 aromatic heterocycles. The molecule has 0 aliphatic rings. The zero-order valence-corrected chi connectivity index (χ0v) is 11.9. The molecule has 0 N–H and O–H groups in total. The summed E-state index contributed by atoms with van der Waals surface area (Å²) in [5.74, 6) is -0.626. The molecule has 0 spiro atoms. The molecule has 5 nitrogen and oxygen atoms in total. The van der Waals surface area contributed by atoms with E-state index < -0.39 is 5.97 Å². The number of likely N-dealkylation sites (N-methyl/N-ethyl adjacent to an activating group) is 1. The van der Waals surface area contributed by atoms with Crippen LogP contribution in [0.15, 0.2) is 5.38 Å². The maximum absolute atomic E-state index is 11.6. The van der Waals surface area contributed by atoms with Crippen molar-refractivity contribution in [2.24, 2.45) is 0 Å². The minimum absolute atomic E-state index is 0.0948. The van der Waals surface area contributed by atoms with Gasteiger partial charge < -0.3 is 9.64 Å². The number of hydrogen-bond acceptors (Lipinski definition) is 5.